The molecule has 0 atom stereocenters. The van der Waals surface area contributed by atoms with E-state index in [2.05, 4.69) is 34.1 Å². The van der Waals surface area contributed by atoms with E-state index in [9.17, 15) is 0 Å². The fourth-order valence-electron chi connectivity index (χ4n) is 1.69. The SMILES string of the molecule is NCc1ccc(COCc2ccccc2)c(Br)c1. The minimum Gasteiger partial charge on any atom is -0.372 e. The van der Waals surface area contributed by atoms with Gasteiger partial charge in [0.25, 0.3) is 0 Å². The predicted molar refractivity (Wildman–Crippen MR) is 77.0 cm³/mol. The third-order valence-corrected chi connectivity index (χ3v) is 3.46. The first-order valence-corrected chi connectivity index (χ1v) is 6.68. The Hall–Kier alpha value is -1.16. The molecule has 2 rings (SSSR count). The van der Waals surface area contributed by atoms with Crippen molar-refractivity contribution < 1.29 is 4.74 Å². The molecule has 0 aliphatic rings. The topological polar surface area (TPSA) is 35.2 Å². The summed E-state index contributed by atoms with van der Waals surface area (Å²) in [6, 6.07) is 16.3. The van der Waals surface area contributed by atoms with Crippen molar-refractivity contribution >= 4 is 15.9 Å². The molecule has 3 heteroatoms. The highest BCUT2D eigenvalue weighted by atomic mass is 79.9. The molecule has 0 saturated carbocycles. The molecular weight excluding hydrogens is 290 g/mol. The number of hydrogen-bond acceptors (Lipinski definition) is 2. The first-order valence-electron chi connectivity index (χ1n) is 5.88. The summed E-state index contributed by atoms with van der Waals surface area (Å²) >= 11 is 3.54. The maximum Gasteiger partial charge on any atom is 0.0732 e. The molecule has 0 heterocycles. The van der Waals surface area contributed by atoms with Gasteiger partial charge in [-0.3, -0.25) is 0 Å². The van der Waals surface area contributed by atoms with Gasteiger partial charge in [-0.1, -0.05) is 58.4 Å². The molecule has 0 saturated heterocycles. The maximum atomic E-state index is 5.70. The lowest BCUT2D eigenvalue weighted by atomic mass is 10.1. The molecular formula is C15H16BrNO. The van der Waals surface area contributed by atoms with Crippen molar-refractivity contribution in [3.05, 3.63) is 69.7 Å². The van der Waals surface area contributed by atoms with Gasteiger partial charge in [0.05, 0.1) is 13.2 Å². The van der Waals surface area contributed by atoms with E-state index in [0.717, 1.165) is 15.6 Å². The van der Waals surface area contributed by atoms with Gasteiger partial charge >= 0.3 is 0 Å². The number of rotatable bonds is 5. The minimum atomic E-state index is 0.559. The highest BCUT2D eigenvalue weighted by Gasteiger charge is 2.01. The summed E-state index contributed by atoms with van der Waals surface area (Å²) < 4.78 is 6.75. The Kier molecular flexibility index (Phi) is 4.93. The van der Waals surface area contributed by atoms with Crippen LogP contribution in [0.25, 0.3) is 0 Å². The molecule has 0 radical (unpaired) electrons. The molecule has 2 nitrogen and oxygen atoms in total. The molecule has 2 aromatic rings. The van der Waals surface area contributed by atoms with Gasteiger partial charge in [-0.05, 0) is 22.8 Å². The lowest BCUT2D eigenvalue weighted by molar-refractivity contribution is 0.107. The standard InChI is InChI=1S/C15H16BrNO/c16-15-8-13(9-17)6-7-14(15)11-18-10-12-4-2-1-3-5-12/h1-8H,9-11,17H2. The molecule has 0 bridgehead atoms. The molecule has 0 spiro atoms. The Morgan fingerprint density at radius 1 is 0.944 bits per heavy atom. The molecule has 18 heavy (non-hydrogen) atoms. The van der Waals surface area contributed by atoms with Crippen molar-refractivity contribution in [2.24, 2.45) is 5.73 Å². The Morgan fingerprint density at radius 3 is 2.39 bits per heavy atom. The quantitative estimate of drug-likeness (QED) is 0.915. The van der Waals surface area contributed by atoms with E-state index in [1.807, 2.05) is 30.3 Å². The van der Waals surface area contributed by atoms with Gasteiger partial charge in [-0.15, -0.1) is 0 Å². The highest BCUT2D eigenvalue weighted by Crippen LogP contribution is 2.19. The zero-order valence-corrected chi connectivity index (χ0v) is 11.7. The van der Waals surface area contributed by atoms with Crippen LogP contribution < -0.4 is 5.73 Å². The van der Waals surface area contributed by atoms with Gasteiger partial charge in [0.2, 0.25) is 0 Å². The van der Waals surface area contributed by atoms with Crippen molar-refractivity contribution in [1.82, 2.24) is 0 Å². The van der Waals surface area contributed by atoms with Crippen molar-refractivity contribution in [3.63, 3.8) is 0 Å². The lowest BCUT2D eigenvalue weighted by Crippen LogP contribution is -1.99. The average Bonchev–Trinajstić information content (AvgIpc) is 2.42. The summed E-state index contributed by atoms with van der Waals surface area (Å²) in [6.07, 6.45) is 0. The van der Waals surface area contributed by atoms with Crippen LogP contribution in [0.5, 0.6) is 0 Å². The van der Waals surface area contributed by atoms with E-state index in [1.165, 1.54) is 5.56 Å². The zero-order chi connectivity index (χ0) is 12.8. The second-order valence-electron chi connectivity index (χ2n) is 4.11. The summed E-state index contributed by atoms with van der Waals surface area (Å²) in [5, 5.41) is 0. The molecule has 0 aromatic heterocycles. The summed E-state index contributed by atoms with van der Waals surface area (Å²) in [7, 11) is 0. The van der Waals surface area contributed by atoms with E-state index in [0.29, 0.717) is 19.8 Å². The number of benzene rings is 2. The van der Waals surface area contributed by atoms with Crippen molar-refractivity contribution in [2.75, 3.05) is 0 Å². The summed E-state index contributed by atoms with van der Waals surface area (Å²) in [4.78, 5) is 0. The largest absolute Gasteiger partial charge is 0.372 e. The Balaban J connectivity index is 1.91. The second-order valence-corrected chi connectivity index (χ2v) is 4.96. The van der Waals surface area contributed by atoms with Crippen LogP contribution in [0.3, 0.4) is 0 Å². The van der Waals surface area contributed by atoms with Crippen LogP contribution in [-0.4, -0.2) is 0 Å². The number of ether oxygens (including phenoxy) is 1. The van der Waals surface area contributed by atoms with Gasteiger partial charge in [-0.2, -0.15) is 0 Å². The zero-order valence-electron chi connectivity index (χ0n) is 10.1. The number of halogens is 1. The molecule has 0 fully saturated rings. The normalized spacial score (nSPS) is 10.6. The molecule has 94 valence electrons. The highest BCUT2D eigenvalue weighted by molar-refractivity contribution is 9.10. The molecule has 0 amide bonds. The second kappa shape index (κ2) is 6.69. The average molecular weight is 306 g/mol. The summed E-state index contributed by atoms with van der Waals surface area (Å²) in [5.74, 6) is 0. The van der Waals surface area contributed by atoms with Crippen LogP contribution >= 0.6 is 15.9 Å². The van der Waals surface area contributed by atoms with Gasteiger partial charge in [0.15, 0.2) is 0 Å². The van der Waals surface area contributed by atoms with E-state index in [1.54, 1.807) is 0 Å². The van der Waals surface area contributed by atoms with Crippen LogP contribution in [0.15, 0.2) is 53.0 Å². The third-order valence-electron chi connectivity index (χ3n) is 2.72. The molecule has 0 aliphatic carbocycles. The Bertz CT molecular complexity index is 499. The lowest BCUT2D eigenvalue weighted by Gasteiger charge is -2.08. The monoisotopic (exact) mass is 305 g/mol. The maximum absolute atomic E-state index is 5.70. The van der Waals surface area contributed by atoms with Crippen molar-refractivity contribution in [3.8, 4) is 0 Å². The van der Waals surface area contributed by atoms with Crippen LogP contribution in [0, 0.1) is 0 Å². The van der Waals surface area contributed by atoms with Crippen LogP contribution in [-0.2, 0) is 24.5 Å². The minimum absolute atomic E-state index is 0.559. The van der Waals surface area contributed by atoms with Crippen molar-refractivity contribution in [1.29, 1.82) is 0 Å². The van der Waals surface area contributed by atoms with E-state index in [-0.39, 0.29) is 0 Å². The van der Waals surface area contributed by atoms with Gasteiger partial charge < -0.3 is 10.5 Å². The molecule has 2 N–H and O–H groups in total. The molecule has 0 aliphatic heterocycles. The van der Waals surface area contributed by atoms with Crippen LogP contribution in [0.2, 0.25) is 0 Å². The van der Waals surface area contributed by atoms with Crippen molar-refractivity contribution in [2.45, 2.75) is 19.8 Å². The first-order chi connectivity index (χ1) is 8.79. The number of hydrogen-bond donors (Lipinski definition) is 1. The summed E-state index contributed by atoms with van der Waals surface area (Å²) in [5.41, 5.74) is 9.04. The van der Waals surface area contributed by atoms with Gasteiger partial charge in [0, 0.05) is 11.0 Å². The molecule has 0 unspecified atom stereocenters. The smallest absolute Gasteiger partial charge is 0.0732 e. The van der Waals surface area contributed by atoms with Crippen LogP contribution in [0.1, 0.15) is 16.7 Å². The van der Waals surface area contributed by atoms with Gasteiger partial charge in [-0.25, -0.2) is 0 Å². The van der Waals surface area contributed by atoms with Gasteiger partial charge in [0.1, 0.15) is 0 Å². The molecule has 2 aromatic carbocycles. The predicted octanol–water partition coefficient (Wildman–Crippen LogP) is 3.62. The van der Waals surface area contributed by atoms with Crippen LogP contribution in [0.4, 0.5) is 0 Å². The van der Waals surface area contributed by atoms with E-state index < -0.39 is 0 Å². The Labute approximate surface area is 116 Å². The first kappa shape index (κ1) is 13.3. The number of nitrogens with two attached hydrogens (primary N) is 1. The fraction of sp³-hybridized carbons (Fsp3) is 0.200. The van der Waals surface area contributed by atoms with E-state index in [4.69, 9.17) is 10.5 Å². The fourth-order valence-corrected chi connectivity index (χ4v) is 2.23. The van der Waals surface area contributed by atoms with E-state index >= 15 is 0 Å². The summed E-state index contributed by atoms with van der Waals surface area (Å²) in [6.45, 7) is 1.79. The Morgan fingerprint density at radius 2 is 1.72 bits per heavy atom. The third kappa shape index (κ3) is 3.67.